The van der Waals surface area contributed by atoms with Gasteiger partial charge in [-0.2, -0.15) is 0 Å². The lowest BCUT2D eigenvalue weighted by Crippen LogP contribution is -2.27. The maximum atomic E-state index is 13.0. The molecule has 1 fully saturated rings. The van der Waals surface area contributed by atoms with Crippen molar-refractivity contribution >= 4 is 0 Å². The predicted octanol–water partition coefficient (Wildman–Crippen LogP) is 4.13. The van der Waals surface area contributed by atoms with Gasteiger partial charge in [0, 0.05) is 0 Å². The number of rotatable bonds is 4. The van der Waals surface area contributed by atoms with Crippen molar-refractivity contribution in [3.8, 4) is 0 Å². The van der Waals surface area contributed by atoms with Gasteiger partial charge in [0.15, 0.2) is 0 Å². The van der Waals surface area contributed by atoms with Gasteiger partial charge in [0.25, 0.3) is 0 Å². The molecule has 1 aromatic heterocycles. The highest BCUT2D eigenvalue weighted by Crippen LogP contribution is 2.38. The van der Waals surface area contributed by atoms with Gasteiger partial charge in [-0.3, -0.25) is 4.98 Å². The Bertz CT molecular complexity index is 604. The standard InChI is InChI=1S/C18H20FNO/c1-2-18(21,17-11-10-16(19)12-20-17)15-8-6-14(7-9-15)13-4-3-5-13/h6-13,21H,2-5H2,1H3. The molecular formula is C18H20FNO. The summed E-state index contributed by atoms with van der Waals surface area (Å²) < 4.78 is 13.0. The minimum atomic E-state index is -1.16. The number of hydrogen-bond acceptors (Lipinski definition) is 2. The van der Waals surface area contributed by atoms with E-state index in [1.807, 2.05) is 19.1 Å². The van der Waals surface area contributed by atoms with Crippen LogP contribution in [0, 0.1) is 5.82 Å². The van der Waals surface area contributed by atoms with E-state index in [4.69, 9.17) is 0 Å². The van der Waals surface area contributed by atoms with Crippen LogP contribution in [0.5, 0.6) is 0 Å². The highest BCUT2D eigenvalue weighted by atomic mass is 19.1. The summed E-state index contributed by atoms with van der Waals surface area (Å²) in [6.45, 7) is 1.91. The minimum absolute atomic E-state index is 0.391. The van der Waals surface area contributed by atoms with E-state index in [1.165, 1.54) is 30.9 Å². The molecule has 0 bridgehead atoms. The zero-order valence-electron chi connectivity index (χ0n) is 12.2. The first kappa shape index (κ1) is 14.2. The topological polar surface area (TPSA) is 33.1 Å². The summed E-state index contributed by atoms with van der Waals surface area (Å²) in [7, 11) is 0. The van der Waals surface area contributed by atoms with Crippen LogP contribution in [-0.4, -0.2) is 10.1 Å². The van der Waals surface area contributed by atoms with Crippen LogP contribution in [0.15, 0.2) is 42.6 Å². The van der Waals surface area contributed by atoms with E-state index in [2.05, 4.69) is 17.1 Å². The molecule has 21 heavy (non-hydrogen) atoms. The molecular weight excluding hydrogens is 265 g/mol. The third-order valence-electron chi connectivity index (χ3n) is 4.63. The van der Waals surface area contributed by atoms with Crippen molar-refractivity contribution in [2.24, 2.45) is 0 Å². The number of halogens is 1. The van der Waals surface area contributed by atoms with Gasteiger partial charge in [-0.05, 0) is 48.4 Å². The Balaban J connectivity index is 1.92. The highest BCUT2D eigenvalue weighted by Gasteiger charge is 2.31. The number of pyridine rings is 1. The van der Waals surface area contributed by atoms with Crippen LogP contribution in [-0.2, 0) is 5.60 Å². The Morgan fingerprint density at radius 1 is 1.19 bits per heavy atom. The maximum Gasteiger partial charge on any atom is 0.141 e. The third-order valence-corrected chi connectivity index (χ3v) is 4.63. The van der Waals surface area contributed by atoms with Crippen LogP contribution >= 0.6 is 0 Å². The van der Waals surface area contributed by atoms with E-state index < -0.39 is 11.4 Å². The third kappa shape index (κ3) is 2.58. The fraction of sp³-hybridized carbons (Fsp3) is 0.389. The average Bonchev–Trinajstić information content (AvgIpc) is 2.46. The molecule has 1 aliphatic rings. The number of nitrogens with zero attached hydrogens (tertiary/aromatic N) is 1. The molecule has 3 heteroatoms. The fourth-order valence-electron chi connectivity index (χ4n) is 2.93. The van der Waals surface area contributed by atoms with Crippen LogP contribution in [0.1, 0.15) is 55.3 Å². The smallest absolute Gasteiger partial charge is 0.141 e. The quantitative estimate of drug-likeness (QED) is 0.916. The Morgan fingerprint density at radius 2 is 1.90 bits per heavy atom. The zero-order chi connectivity index (χ0) is 14.9. The number of aromatic nitrogens is 1. The zero-order valence-corrected chi connectivity index (χ0v) is 12.2. The molecule has 1 saturated carbocycles. The van der Waals surface area contributed by atoms with Crippen LogP contribution < -0.4 is 0 Å². The van der Waals surface area contributed by atoms with Gasteiger partial charge in [0.05, 0.1) is 11.9 Å². The van der Waals surface area contributed by atoms with E-state index in [-0.39, 0.29) is 0 Å². The van der Waals surface area contributed by atoms with E-state index in [0.29, 0.717) is 18.0 Å². The van der Waals surface area contributed by atoms with Crippen molar-refractivity contribution in [3.63, 3.8) is 0 Å². The van der Waals surface area contributed by atoms with Crippen LogP contribution in [0.2, 0.25) is 0 Å². The van der Waals surface area contributed by atoms with Crippen molar-refractivity contribution in [2.45, 2.75) is 44.1 Å². The summed E-state index contributed by atoms with van der Waals surface area (Å²) in [5, 5.41) is 11.0. The maximum absolute atomic E-state index is 13.0. The monoisotopic (exact) mass is 285 g/mol. The van der Waals surface area contributed by atoms with Crippen molar-refractivity contribution in [1.82, 2.24) is 4.98 Å². The predicted molar refractivity (Wildman–Crippen MR) is 80.5 cm³/mol. The Hall–Kier alpha value is -1.74. The van der Waals surface area contributed by atoms with E-state index in [0.717, 1.165) is 11.8 Å². The summed E-state index contributed by atoms with van der Waals surface area (Å²) in [6.07, 6.45) is 5.48. The van der Waals surface area contributed by atoms with Gasteiger partial charge in [0.2, 0.25) is 0 Å². The molecule has 1 heterocycles. The Labute approximate surface area is 124 Å². The molecule has 2 aromatic rings. The second kappa shape index (κ2) is 5.57. The van der Waals surface area contributed by atoms with Crippen LogP contribution in [0.3, 0.4) is 0 Å². The molecule has 1 atom stereocenters. The fourth-order valence-corrected chi connectivity index (χ4v) is 2.93. The van der Waals surface area contributed by atoms with E-state index >= 15 is 0 Å². The first-order valence-electron chi connectivity index (χ1n) is 7.58. The lowest BCUT2D eigenvalue weighted by atomic mass is 9.79. The Morgan fingerprint density at radius 3 is 2.38 bits per heavy atom. The number of benzene rings is 1. The largest absolute Gasteiger partial charge is 0.379 e. The second-order valence-electron chi connectivity index (χ2n) is 5.83. The number of hydrogen-bond donors (Lipinski definition) is 1. The molecule has 110 valence electrons. The summed E-state index contributed by atoms with van der Waals surface area (Å²) in [6, 6.07) is 11.0. The number of aliphatic hydroxyl groups is 1. The highest BCUT2D eigenvalue weighted by molar-refractivity contribution is 5.35. The van der Waals surface area contributed by atoms with E-state index in [9.17, 15) is 9.50 Å². The van der Waals surface area contributed by atoms with Gasteiger partial charge in [0.1, 0.15) is 11.4 Å². The van der Waals surface area contributed by atoms with Crippen LogP contribution in [0.25, 0.3) is 0 Å². The first-order chi connectivity index (χ1) is 10.1. The minimum Gasteiger partial charge on any atom is -0.379 e. The van der Waals surface area contributed by atoms with Crippen molar-refractivity contribution in [1.29, 1.82) is 0 Å². The SMILES string of the molecule is CCC(O)(c1ccc(C2CCC2)cc1)c1ccc(F)cn1. The molecule has 0 spiro atoms. The summed E-state index contributed by atoms with van der Waals surface area (Å²) in [4.78, 5) is 4.06. The normalized spacial score (nSPS) is 18.0. The lowest BCUT2D eigenvalue weighted by Gasteiger charge is -2.29. The lowest BCUT2D eigenvalue weighted by molar-refractivity contribution is 0.0717. The molecule has 1 unspecified atom stereocenters. The molecule has 0 amide bonds. The first-order valence-corrected chi connectivity index (χ1v) is 7.58. The van der Waals surface area contributed by atoms with Gasteiger partial charge in [-0.15, -0.1) is 0 Å². The van der Waals surface area contributed by atoms with Crippen molar-refractivity contribution in [2.75, 3.05) is 0 Å². The average molecular weight is 285 g/mol. The van der Waals surface area contributed by atoms with Gasteiger partial charge in [-0.1, -0.05) is 37.6 Å². The molecule has 1 aromatic carbocycles. The molecule has 0 aliphatic heterocycles. The molecule has 2 nitrogen and oxygen atoms in total. The van der Waals surface area contributed by atoms with Crippen molar-refractivity contribution < 1.29 is 9.50 Å². The molecule has 0 radical (unpaired) electrons. The van der Waals surface area contributed by atoms with Crippen molar-refractivity contribution in [3.05, 3.63) is 65.2 Å². The summed E-state index contributed by atoms with van der Waals surface area (Å²) in [5.74, 6) is 0.287. The molecule has 3 rings (SSSR count). The van der Waals surface area contributed by atoms with Gasteiger partial charge < -0.3 is 5.11 Å². The second-order valence-corrected chi connectivity index (χ2v) is 5.83. The van der Waals surface area contributed by atoms with Crippen LogP contribution in [0.4, 0.5) is 4.39 Å². The summed E-state index contributed by atoms with van der Waals surface area (Å²) >= 11 is 0. The molecule has 0 saturated heterocycles. The summed E-state index contributed by atoms with van der Waals surface area (Å²) in [5.41, 5.74) is 1.48. The molecule has 1 aliphatic carbocycles. The van der Waals surface area contributed by atoms with Gasteiger partial charge >= 0.3 is 0 Å². The van der Waals surface area contributed by atoms with E-state index in [1.54, 1.807) is 6.07 Å². The van der Waals surface area contributed by atoms with Gasteiger partial charge in [-0.25, -0.2) is 4.39 Å². The molecule has 1 N–H and O–H groups in total. The Kier molecular flexibility index (Phi) is 3.77.